The van der Waals surface area contributed by atoms with Crippen LogP contribution in [0, 0.1) is 6.92 Å². The van der Waals surface area contributed by atoms with E-state index in [0.717, 1.165) is 16.6 Å². The van der Waals surface area contributed by atoms with Gasteiger partial charge in [-0.25, -0.2) is 4.98 Å². The first-order chi connectivity index (χ1) is 9.47. The maximum atomic E-state index is 10.8. The fraction of sp³-hybridized carbons (Fsp3) is 0.0714. The molecule has 0 amide bonds. The van der Waals surface area contributed by atoms with Crippen LogP contribution in [-0.4, -0.2) is 22.9 Å². The van der Waals surface area contributed by atoms with E-state index in [0.29, 0.717) is 0 Å². The van der Waals surface area contributed by atoms with Crippen molar-refractivity contribution in [1.29, 1.82) is 0 Å². The van der Waals surface area contributed by atoms with Crippen LogP contribution >= 0.6 is 0 Å². The standard InChI is InChI=1S/C10H8O3S.C4H6N2/c11-14(12,13)10-6-5-8-3-1-2-4-9(8)7-10;1-4-5-2-3-6-4/h1-7H,(H,11,12,13);2-3H,1H3,(H,5,6). The molecule has 0 aliphatic heterocycles. The minimum Gasteiger partial charge on any atom is -0.349 e. The number of nitrogens with zero attached hydrogens (tertiary/aromatic N) is 1. The third kappa shape index (κ3) is 3.66. The molecule has 0 unspecified atom stereocenters. The zero-order chi connectivity index (χ0) is 14.6. The maximum absolute atomic E-state index is 10.8. The molecular formula is C14H14N2O3S. The maximum Gasteiger partial charge on any atom is 0.294 e. The van der Waals surface area contributed by atoms with Gasteiger partial charge in [0.2, 0.25) is 0 Å². The number of imidazole rings is 1. The highest BCUT2D eigenvalue weighted by molar-refractivity contribution is 7.85. The summed E-state index contributed by atoms with van der Waals surface area (Å²) in [5.74, 6) is 0.968. The highest BCUT2D eigenvalue weighted by Gasteiger charge is 2.08. The van der Waals surface area contributed by atoms with Crippen LogP contribution in [0.2, 0.25) is 0 Å². The molecule has 1 heterocycles. The first-order valence-electron chi connectivity index (χ1n) is 5.89. The Bertz CT molecular complexity index is 796. The Morgan fingerprint density at radius 3 is 2.30 bits per heavy atom. The third-order valence-electron chi connectivity index (χ3n) is 2.65. The summed E-state index contributed by atoms with van der Waals surface area (Å²) in [5, 5.41) is 1.74. The smallest absolute Gasteiger partial charge is 0.294 e. The fourth-order valence-electron chi connectivity index (χ4n) is 1.67. The van der Waals surface area contributed by atoms with Crippen molar-refractivity contribution in [2.75, 3.05) is 0 Å². The van der Waals surface area contributed by atoms with E-state index in [1.165, 1.54) is 12.1 Å². The topological polar surface area (TPSA) is 83.0 Å². The Kier molecular flexibility index (Phi) is 4.16. The Hall–Kier alpha value is -2.18. The number of hydrogen-bond acceptors (Lipinski definition) is 3. The van der Waals surface area contributed by atoms with Crippen LogP contribution in [-0.2, 0) is 10.1 Å². The van der Waals surface area contributed by atoms with Gasteiger partial charge in [-0.1, -0.05) is 30.3 Å². The fourth-order valence-corrected chi connectivity index (χ4v) is 2.19. The van der Waals surface area contributed by atoms with Gasteiger partial charge in [-0.05, 0) is 29.8 Å². The Balaban J connectivity index is 0.000000205. The van der Waals surface area contributed by atoms with Gasteiger partial charge in [0, 0.05) is 12.4 Å². The first kappa shape index (κ1) is 14.2. The van der Waals surface area contributed by atoms with Crippen molar-refractivity contribution >= 4 is 20.9 Å². The van der Waals surface area contributed by atoms with E-state index in [1.54, 1.807) is 24.5 Å². The lowest BCUT2D eigenvalue weighted by Crippen LogP contribution is -1.97. The van der Waals surface area contributed by atoms with Gasteiger partial charge in [-0.3, -0.25) is 4.55 Å². The lowest BCUT2D eigenvalue weighted by Gasteiger charge is -1.99. The van der Waals surface area contributed by atoms with Crippen LogP contribution in [0.25, 0.3) is 10.8 Å². The summed E-state index contributed by atoms with van der Waals surface area (Å²) in [7, 11) is -4.09. The molecule has 6 heteroatoms. The summed E-state index contributed by atoms with van der Waals surface area (Å²) in [6.45, 7) is 1.92. The van der Waals surface area contributed by atoms with Crippen molar-refractivity contribution in [3.8, 4) is 0 Å². The molecule has 0 atom stereocenters. The van der Waals surface area contributed by atoms with E-state index in [2.05, 4.69) is 9.97 Å². The molecule has 5 nitrogen and oxygen atoms in total. The molecule has 3 aromatic rings. The quantitative estimate of drug-likeness (QED) is 0.675. The van der Waals surface area contributed by atoms with Gasteiger partial charge in [-0.15, -0.1) is 0 Å². The predicted molar refractivity (Wildman–Crippen MR) is 77.1 cm³/mol. The number of aryl methyl sites for hydroxylation is 1. The Labute approximate surface area is 117 Å². The minimum absolute atomic E-state index is 0.0730. The molecule has 0 saturated carbocycles. The van der Waals surface area contributed by atoms with Gasteiger partial charge < -0.3 is 4.98 Å². The monoisotopic (exact) mass is 290 g/mol. The van der Waals surface area contributed by atoms with Crippen LogP contribution in [0.4, 0.5) is 0 Å². The van der Waals surface area contributed by atoms with Gasteiger partial charge in [0.15, 0.2) is 0 Å². The van der Waals surface area contributed by atoms with Crippen molar-refractivity contribution in [2.24, 2.45) is 0 Å². The molecule has 2 N–H and O–H groups in total. The van der Waals surface area contributed by atoms with Crippen LogP contribution < -0.4 is 0 Å². The Morgan fingerprint density at radius 2 is 1.80 bits per heavy atom. The molecule has 3 rings (SSSR count). The van der Waals surface area contributed by atoms with Gasteiger partial charge in [0.05, 0.1) is 4.90 Å². The molecule has 2 aromatic carbocycles. The zero-order valence-electron chi connectivity index (χ0n) is 10.8. The molecule has 104 valence electrons. The van der Waals surface area contributed by atoms with Gasteiger partial charge in [0.1, 0.15) is 5.82 Å². The summed E-state index contributed by atoms with van der Waals surface area (Å²) in [6.07, 6.45) is 3.53. The predicted octanol–water partition coefficient (Wildman–Crippen LogP) is 2.80. The van der Waals surface area contributed by atoms with E-state index in [4.69, 9.17) is 4.55 Å². The highest BCUT2D eigenvalue weighted by Crippen LogP contribution is 2.18. The van der Waals surface area contributed by atoms with Crippen LogP contribution in [0.15, 0.2) is 59.8 Å². The lowest BCUT2D eigenvalue weighted by molar-refractivity contribution is 0.483. The number of aromatic nitrogens is 2. The summed E-state index contributed by atoms with van der Waals surface area (Å²) >= 11 is 0. The summed E-state index contributed by atoms with van der Waals surface area (Å²) < 4.78 is 30.5. The molecule has 0 saturated heterocycles. The van der Waals surface area contributed by atoms with E-state index in [-0.39, 0.29) is 4.90 Å². The summed E-state index contributed by atoms with van der Waals surface area (Å²) in [6, 6.07) is 11.9. The number of nitrogens with one attached hydrogen (secondary N) is 1. The van der Waals surface area contributed by atoms with Crippen LogP contribution in [0.1, 0.15) is 5.82 Å². The summed E-state index contributed by atoms with van der Waals surface area (Å²) in [5.41, 5.74) is 0. The molecule has 0 aliphatic carbocycles. The zero-order valence-corrected chi connectivity index (χ0v) is 11.6. The SMILES string of the molecule is Cc1ncc[nH]1.O=S(=O)(O)c1ccc2ccccc2c1. The van der Waals surface area contributed by atoms with E-state index in [1.807, 2.05) is 25.1 Å². The van der Waals surface area contributed by atoms with Crippen molar-refractivity contribution in [3.63, 3.8) is 0 Å². The van der Waals surface area contributed by atoms with Crippen LogP contribution in [0.5, 0.6) is 0 Å². The number of benzene rings is 2. The average Bonchev–Trinajstić information content (AvgIpc) is 2.89. The molecule has 0 aliphatic rings. The van der Waals surface area contributed by atoms with Gasteiger partial charge >= 0.3 is 0 Å². The first-order valence-corrected chi connectivity index (χ1v) is 7.33. The van der Waals surface area contributed by atoms with Gasteiger partial charge in [0.25, 0.3) is 10.1 Å². The lowest BCUT2D eigenvalue weighted by atomic mass is 10.1. The van der Waals surface area contributed by atoms with Crippen molar-refractivity contribution in [3.05, 3.63) is 60.7 Å². The number of fused-ring (bicyclic) bond motifs is 1. The second-order valence-corrected chi connectivity index (χ2v) is 5.58. The number of hydrogen-bond donors (Lipinski definition) is 2. The van der Waals surface area contributed by atoms with E-state index in [9.17, 15) is 8.42 Å². The molecule has 0 spiro atoms. The second-order valence-electron chi connectivity index (χ2n) is 4.16. The number of rotatable bonds is 1. The van der Waals surface area contributed by atoms with Gasteiger partial charge in [-0.2, -0.15) is 8.42 Å². The number of H-pyrrole nitrogens is 1. The molecule has 1 aromatic heterocycles. The highest BCUT2D eigenvalue weighted by atomic mass is 32.2. The Morgan fingerprint density at radius 1 is 1.10 bits per heavy atom. The minimum atomic E-state index is -4.09. The molecule has 20 heavy (non-hydrogen) atoms. The van der Waals surface area contributed by atoms with Crippen molar-refractivity contribution in [1.82, 2.24) is 9.97 Å². The van der Waals surface area contributed by atoms with E-state index < -0.39 is 10.1 Å². The van der Waals surface area contributed by atoms with Crippen molar-refractivity contribution in [2.45, 2.75) is 11.8 Å². The average molecular weight is 290 g/mol. The molecular weight excluding hydrogens is 276 g/mol. The molecule has 0 radical (unpaired) electrons. The van der Waals surface area contributed by atoms with E-state index >= 15 is 0 Å². The molecule has 0 fully saturated rings. The largest absolute Gasteiger partial charge is 0.349 e. The number of aromatic amines is 1. The van der Waals surface area contributed by atoms with Crippen molar-refractivity contribution < 1.29 is 13.0 Å². The normalized spacial score (nSPS) is 10.9. The second kappa shape index (κ2) is 5.85. The van der Waals surface area contributed by atoms with Crippen LogP contribution in [0.3, 0.4) is 0 Å². The third-order valence-corrected chi connectivity index (χ3v) is 3.50. The summed E-state index contributed by atoms with van der Waals surface area (Å²) in [4.78, 5) is 6.68. The molecule has 0 bridgehead atoms.